The van der Waals surface area contributed by atoms with Crippen LogP contribution < -0.4 is 10.00 Å². The number of fused-ring (bicyclic) bond motifs is 1. The number of nitrogens with one attached hydrogen (secondary N) is 1. The molecule has 0 spiro atoms. The van der Waals surface area contributed by atoms with Crippen LogP contribution in [-0.2, 0) is 32.7 Å². The van der Waals surface area contributed by atoms with E-state index >= 15 is 0 Å². The van der Waals surface area contributed by atoms with Crippen LogP contribution in [0.3, 0.4) is 0 Å². The maximum Gasteiger partial charge on any atom is 0.408 e. The lowest BCUT2D eigenvalue weighted by molar-refractivity contribution is -0.732. The summed E-state index contributed by atoms with van der Waals surface area (Å²) in [4.78, 5) is 41.3. The third kappa shape index (κ3) is 5.89. The summed E-state index contributed by atoms with van der Waals surface area (Å²) in [6.45, 7) is 5.57. The van der Waals surface area contributed by atoms with Gasteiger partial charge in [0.1, 0.15) is 36.3 Å². The molecule has 2 amide bonds. The Morgan fingerprint density at radius 2 is 1.73 bits per heavy atom. The van der Waals surface area contributed by atoms with Crippen LogP contribution in [0.2, 0.25) is 0 Å². The van der Waals surface area contributed by atoms with E-state index in [4.69, 9.17) is 9.47 Å². The number of rotatable bonds is 7. The molecule has 2 aromatic carbocycles. The number of aryl methyl sites for hydroxylation is 1. The Hall–Kier alpha value is -4.12. The predicted molar refractivity (Wildman–Crippen MR) is 147 cm³/mol. The number of aromatic nitrogens is 3. The molecule has 1 N–H and O–H groups in total. The van der Waals surface area contributed by atoms with Gasteiger partial charge in [-0.2, -0.15) is 0 Å². The van der Waals surface area contributed by atoms with E-state index in [0.29, 0.717) is 17.9 Å². The smallest absolute Gasteiger partial charge is 0.408 e. The molecule has 1 aromatic heterocycles. The zero-order valence-corrected chi connectivity index (χ0v) is 23.6. The third-order valence-electron chi connectivity index (χ3n) is 6.41. The molecule has 1 fully saturated rings. The average molecular weight is 563 g/mol. The Balaban J connectivity index is 1.46. The number of amides is 2. The third-order valence-corrected chi connectivity index (χ3v) is 7.75. The maximum absolute atomic E-state index is 14.0. The Labute approximate surface area is 236 Å². The van der Waals surface area contributed by atoms with Crippen LogP contribution in [0.1, 0.15) is 38.0 Å². The monoisotopic (exact) mass is 562 g/mol. The van der Waals surface area contributed by atoms with E-state index in [1.165, 1.54) is 16.7 Å². The molecule has 3 aromatic rings. The highest BCUT2D eigenvalue weighted by molar-refractivity contribution is 8.00. The Morgan fingerprint density at radius 1 is 1.10 bits per heavy atom. The van der Waals surface area contributed by atoms with Crippen molar-refractivity contribution in [2.24, 2.45) is 7.05 Å². The molecule has 2 aliphatic rings. The summed E-state index contributed by atoms with van der Waals surface area (Å²) in [5, 5.41) is 6.59. The number of alkyl carbamates (subject to hydrolysis) is 1. The molecule has 11 heteroatoms. The number of nitrogens with zero attached hydrogens (tertiary/aromatic N) is 4. The first kappa shape index (κ1) is 27.4. The molecule has 40 heavy (non-hydrogen) atoms. The number of hydrogen-bond acceptors (Lipinski definition) is 7. The fourth-order valence-electron chi connectivity index (χ4n) is 4.67. The summed E-state index contributed by atoms with van der Waals surface area (Å²) in [5.41, 5.74) is 1.81. The minimum atomic E-state index is -0.814. The quantitative estimate of drug-likeness (QED) is 0.268. The van der Waals surface area contributed by atoms with Gasteiger partial charge < -0.3 is 14.8 Å². The van der Waals surface area contributed by atoms with Gasteiger partial charge in [-0.3, -0.25) is 9.69 Å². The molecular weight excluding hydrogens is 530 g/mol. The molecule has 1 saturated heterocycles. The minimum absolute atomic E-state index is 0.186. The van der Waals surface area contributed by atoms with E-state index in [9.17, 15) is 14.4 Å². The zero-order chi connectivity index (χ0) is 28.4. The van der Waals surface area contributed by atoms with Crippen LogP contribution in [0.5, 0.6) is 0 Å². The van der Waals surface area contributed by atoms with Gasteiger partial charge >= 0.3 is 12.1 Å². The van der Waals surface area contributed by atoms with Crippen molar-refractivity contribution >= 4 is 29.7 Å². The molecule has 10 nitrogen and oxygen atoms in total. The van der Waals surface area contributed by atoms with Gasteiger partial charge in [-0.15, -0.1) is 21.1 Å². The fraction of sp³-hybridized carbons (Fsp3) is 0.345. The van der Waals surface area contributed by atoms with Crippen LogP contribution in [-0.4, -0.2) is 55.5 Å². The summed E-state index contributed by atoms with van der Waals surface area (Å²) in [6, 6.07) is 18.2. The number of benzene rings is 2. The summed E-state index contributed by atoms with van der Waals surface area (Å²) < 4.78 is 14.9. The van der Waals surface area contributed by atoms with Crippen molar-refractivity contribution in [3.8, 4) is 0 Å². The van der Waals surface area contributed by atoms with E-state index < -0.39 is 41.1 Å². The van der Waals surface area contributed by atoms with Gasteiger partial charge in [-0.25, -0.2) is 9.59 Å². The zero-order valence-electron chi connectivity index (χ0n) is 22.8. The van der Waals surface area contributed by atoms with Crippen molar-refractivity contribution in [3.63, 3.8) is 0 Å². The highest BCUT2D eigenvalue weighted by Gasteiger charge is 2.55. The number of carbonyl (C=O) groups excluding carboxylic acids is 3. The van der Waals surface area contributed by atoms with Crippen LogP contribution in [0.15, 0.2) is 84.3 Å². The van der Waals surface area contributed by atoms with Crippen molar-refractivity contribution < 1.29 is 28.5 Å². The first-order valence-corrected chi connectivity index (χ1v) is 14.0. The largest absolute Gasteiger partial charge is 0.448 e. The van der Waals surface area contributed by atoms with Gasteiger partial charge in [0, 0.05) is 11.3 Å². The number of ether oxygens (including phenoxy) is 2. The number of hydrogen-bond donors (Lipinski definition) is 1. The normalized spacial score (nSPS) is 18.7. The van der Waals surface area contributed by atoms with E-state index in [-0.39, 0.29) is 5.70 Å². The predicted octanol–water partition coefficient (Wildman–Crippen LogP) is 3.10. The van der Waals surface area contributed by atoms with Crippen molar-refractivity contribution in [1.82, 2.24) is 20.1 Å². The summed E-state index contributed by atoms with van der Waals surface area (Å²) in [6.07, 6.45) is 2.25. The van der Waals surface area contributed by atoms with Crippen molar-refractivity contribution in [2.75, 3.05) is 5.75 Å². The molecule has 0 aliphatic carbocycles. The Morgan fingerprint density at radius 3 is 2.27 bits per heavy atom. The molecule has 0 radical (unpaired) electrons. The molecule has 2 aliphatic heterocycles. The van der Waals surface area contributed by atoms with Crippen molar-refractivity contribution in [2.45, 2.75) is 50.4 Å². The van der Waals surface area contributed by atoms with E-state index in [0.717, 1.165) is 11.1 Å². The van der Waals surface area contributed by atoms with Gasteiger partial charge in [0.2, 0.25) is 0 Å². The standard InChI is InChI=1S/C29H31N5O5S/c1-29(2,3)39-28(37)30-22-25(35)34-23(21(18-40-26(22)34)17-33-16-15-32(4)31-33)27(36)38-24(19-11-7-5-8-12-19)20-13-9-6-10-14-20/h5-16,22,24,26H,17-18H2,1-4H3/p+1/t22-,26-/m1/s1. The Kier molecular flexibility index (Phi) is 7.66. The molecule has 0 unspecified atom stereocenters. The number of β-lactam (4-membered cyclic amide) rings is 1. The van der Waals surface area contributed by atoms with Crippen LogP contribution in [0, 0.1) is 0 Å². The van der Waals surface area contributed by atoms with Crippen LogP contribution in [0.25, 0.3) is 0 Å². The van der Waals surface area contributed by atoms with Gasteiger partial charge in [-0.1, -0.05) is 60.7 Å². The van der Waals surface area contributed by atoms with E-state index in [1.54, 1.807) is 42.5 Å². The van der Waals surface area contributed by atoms with Gasteiger partial charge in [0.15, 0.2) is 18.5 Å². The molecule has 0 bridgehead atoms. The lowest BCUT2D eigenvalue weighted by atomic mass is 10.0. The van der Waals surface area contributed by atoms with Crippen LogP contribution >= 0.6 is 11.8 Å². The fourth-order valence-corrected chi connectivity index (χ4v) is 6.00. The molecule has 5 rings (SSSR count). The molecule has 0 saturated carbocycles. The molecule has 2 atom stereocenters. The highest BCUT2D eigenvalue weighted by Crippen LogP contribution is 2.42. The lowest BCUT2D eigenvalue weighted by Gasteiger charge is -2.49. The minimum Gasteiger partial charge on any atom is -0.448 e. The highest BCUT2D eigenvalue weighted by atomic mass is 32.2. The molecular formula is C29H32N5O5S+. The summed E-state index contributed by atoms with van der Waals surface area (Å²) in [5.74, 6) is -0.552. The topological polar surface area (TPSA) is 107 Å². The Bertz CT molecular complexity index is 1390. The first-order chi connectivity index (χ1) is 19.1. The number of esters is 1. The first-order valence-electron chi connectivity index (χ1n) is 13.0. The second-order valence-corrected chi connectivity index (χ2v) is 11.8. The van der Waals surface area contributed by atoms with Gasteiger partial charge in [0.25, 0.3) is 5.91 Å². The lowest BCUT2D eigenvalue weighted by Crippen LogP contribution is -2.70. The van der Waals surface area contributed by atoms with E-state index in [1.807, 2.05) is 67.7 Å². The SMILES string of the molecule is C[n+]1ccn(CC2=C(C(=O)OC(c3ccccc3)c3ccccc3)N3C(=O)[C@@H](NC(=O)OC(C)(C)C)[C@H]3SC2)n1. The molecule has 3 heterocycles. The second-order valence-electron chi connectivity index (χ2n) is 10.7. The van der Waals surface area contributed by atoms with E-state index in [2.05, 4.69) is 10.5 Å². The number of thioether (sulfide) groups is 1. The van der Waals surface area contributed by atoms with Crippen LogP contribution in [0.4, 0.5) is 4.79 Å². The molecule has 208 valence electrons. The number of carbonyl (C=O) groups is 3. The second kappa shape index (κ2) is 11.2. The van der Waals surface area contributed by atoms with Gasteiger partial charge in [-0.05, 0) is 31.9 Å². The van der Waals surface area contributed by atoms with Crippen molar-refractivity contribution in [3.05, 3.63) is 95.5 Å². The van der Waals surface area contributed by atoms with Gasteiger partial charge in [0.05, 0.1) is 5.21 Å². The average Bonchev–Trinajstić information content (AvgIpc) is 3.34. The maximum atomic E-state index is 14.0. The summed E-state index contributed by atoms with van der Waals surface area (Å²) >= 11 is 1.47. The summed E-state index contributed by atoms with van der Waals surface area (Å²) in [7, 11) is 1.81. The van der Waals surface area contributed by atoms with Crippen molar-refractivity contribution in [1.29, 1.82) is 0 Å².